The summed E-state index contributed by atoms with van der Waals surface area (Å²) in [7, 11) is 0. The van der Waals surface area contributed by atoms with E-state index in [1.807, 2.05) is 0 Å². The number of carbonyl (C=O) groups excluding carboxylic acids is 3. The normalized spacial score (nSPS) is 26.4. The summed E-state index contributed by atoms with van der Waals surface area (Å²) >= 11 is 0. The predicted molar refractivity (Wildman–Crippen MR) is 161 cm³/mol. The van der Waals surface area contributed by atoms with Gasteiger partial charge in [0.2, 0.25) is 18.4 Å². The fourth-order valence-electron chi connectivity index (χ4n) is 5.17. The number of nitrogens with one attached hydrogen (secondary N) is 2. The van der Waals surface area contributed by atoms with Crippen LogP contribution < -0.4 is 25.8 Å². The number of amides is 3. The van der Waals surface area contributed by atoms with E-state index in [9.17, 15) is 59.4 Å². The Bertz CT molecular complexity index is 1590. The number of rotatable bonds is 16. The monoisotopic (exact) mass is 706 g/mol. The van der Waals surface area contributed by atoms with Crippen LogP contribution in [0.5, 0.6) is 11.5 Å². The molecular formula is C30H34N4O16. The topological polar surface area (TPSA) is 325 Å². The van der Waals surface area contributed by atoms with Crippen LogP contribution in [0.3, 0.4) is 0 Å². The maximum atomic E-state index is 13.4. The van der Waals surface area contributed by atoms with E-state index in [1.165, 1.54) is 48.5 Å². The second-order valence-electron chi connectivity index (χ2n) is 11.3. The number of hydrogen-bond donors (Lipinski definition) is 10. The van der Waals surface area contributed by atoms with Gasteiger partial charge in [0.1, 0.15) is 35.9 Å². The number of benzene rings is 2. The molecule has 2 fully saturated rings. The molecule has 2 saturated heterocycles. The number of likely N-dealkylation sites (tertiary alicyclic amines) is 1. The lowest BCUT2D eigenvalue weighted by atomic mass is 9.92. The van der Waals surface area contributed by atoms with Crippen molar-refractivity contribution in [2.45, 2.75) is 61.0 Å². The third-order valence-corrected chi connectivity index (χ3v) is 7.94. The fourth-order valence-corrected chi connectivity index (χ4v) is 5.17. The van der Waals surface area contributed by atoms with Crippen molar-refractivity contribution in [3.8, 4) is 11.5 Å². The molecule has 0 aliphatic carbocycles. The molecule has 50 heavy (non-hydrogen) atoms. The van der Waals surface area contributed by atoms with E-state index in [2.05, 4.69) is 10.6 Å². The lowest BCUT2D eigenvalue weighted by Crippen LogP contribution is -2.81. The van der Waals surface area contributed by atoms with Crippen LogP contribution >= 0.6 is 0 Å². The van der Waals surface area contributed by atoms with E-state index in [0.29, 0.717) is 0 Å². The lowest BCUT2D eigenvalue weighted by molar-refractivity contribution is -0.271. The van der Waals surface area contributed by atoms with Crippen molar-refractivity contribution in [2.75, 3.05) is 13.2 Å². The van der Waals surface area contributed by atoms with Crippen LogP contribution in [0.4, 0.5) is 0 Å². The van der Waals surface area contributed by atoms with Gasteiger partial charge in [0.05, 0.1) is 13.2 Å². The highest BCUT2D eigenvalue weighted by atomic mass is 16.7. The summed E-state index contributed by atoms with van der Waals surface area (Å²) in [5, 5.41) is 73.1. The van der Waals surface area contributed by atoms with Crippen molar-refractivity contribution >= 4 is 36.1 Å². The molecule has 2 heterocycles. The van der Waals surface area contributed by atoms with E-state index in [-0.39, 0.29) is 42.1 Å². The Morgan fingerprint density at radius 1 is 0.940 bits per heavy atom. The summed E-state index contributed by atoms with van der Waals surface area (Å²) in [6.45, 7) is -0.558. The third kappa shape index (κ3) is 7.91. The molecule has 2 aromatic carbocycles. The Balaban J connectivity index is 1.41. The van der Waals surface area contributed by atoms with Gasteiger partial charge in [-0.15, -0.1) is 0 Å². The molecule has 2 aromatic rings. The number of β-lactam (4-membered cyclic amide) rings is 1. The summed E-state index contributed by atoms with van der Waals surface area (Å²) in [5.41, 5.74) is 3.38. The van der Waals surface area contributed by atoms with Gasteiger partial charge in [-0.2, -0.15) is 0 Å². The third-order valence-electron chi connectivity index (χ3n) is 7.94. The fraction of sp³-hybridized carbons (Fsp3) is 0.400. The highest BCUT2D eigenvalue weighted by Crippen LogP contribution is 2.34. The molecule has 9 atom stereocenters. The predicted octanol–water partition coefficient (Wildman–Crippen LogP) is -3.60. The van der Waals surface area contributed by atoms with E-state index < -0.39 is 90.8 Å². The van der Waals surface area contributed by atoms with Gasteiger partial charge in [0.25, 0.3) is 11.8 Å². The van der Waals surface area contributed by atoms with Gasteiger partial charge in [-0.25, -0.2) is 9.59 Å². The van der Waals surface area contributed by atoms with Gasteiger partial charge in [0, 0.05) is 6.42 Å². The average Bonchev–Trinajstić information content (AvgIpc) is 3.08. The number of aliphatic hydroxyl groups is 4. The van der Waals surface area contributed by atoms with Crippen LogP contribution in [-0.2, 0) is 33.5 Å². The molecule has 2 aliphatic heterocycles. The summed E-state index contributed by atoms with van der Waals surface area (Å²) < 4.78 is 15.9. The van der Waals surface area contributed by atoms with Crippen LogP contribution in [0.15, 0.2) is 48.5 Å². The Labute approximate surface area is 281 Å². The van der Waals surface area contributed by atoms with E-state index >= 15 is 0 Å². The number of carbonyl (C=O) groups is 6. The largest absolute Gasteiger partial charge is 0.494 e. The smallest absolute Gasteiger partial charge is 0.335 e. The maximum Gasteiger partial charge on any atom is 0.335 e. The van der Waals surface area contributed by atoms with Gasteiger partial charge >= 0.3 is 17.9 Å². The number of carboxylic acid groups (broad SMARTS) is 3. The van der Waals surface area contributed by atoms with Crippen LogP contribution in [-0.4, -0.2) is 132 Å². The Hall–Kier alpha value is -5.38. The summed E-state index contributed by atoms with van der Waals surface area (Å²) in [4.78, 5) is 73.0. The first-order valence-corrected chi connectivity index (χ1v) is 14.8. The Morgan fingerprint density at radius 3 is 2.08 bits per heavy atom. The van der Waals surface area contributed by atoms with Crippen LogP contribution in [0.1, 0.15) is 29.7 Å². The number of nitrogens with zero attached hydrogens (tertiary/aromatic N) is 1. The molecule has 0 aromatic heterocycles. The summed E-state index contributed by atoms with van der Waals surface area (Å²) in [6, 6.07) is 7.53. The number of aliphatic hydroxyl groups excluding tert-OH is 4. The van der Waals surface area contributed by atoms with E-state index in [4.69, 9.17) is 25.1 Å². The first kappa shape index (κ1) is 37.4. The minimum atomic E-state index is -2.11. The van der Waals surface area contributed by atoms with Crippen molar-refractivity contribution in [1.82, 2.24) is 15.5 Å². The second kappa shape index (κ2) is 15.4. The van der Waals surface area contributed by atoms with Gasteiger partial charge < -0.3 is 71.2 Å². The minimum Gasteiger partial charge on any atom is -0.494 e. The number of carboxylic acids is 3. The van der Waals surface area contributed by atoms with Gasteiger partial charge in [0.15, 0.2) is 18.2 Å². The molecule has 0 spiro atoms. The summed E-state index contributed by atoms with van der Waals surface area (Å²) in [5.74, 6) is -6.26. The standard InChI is InChI=1S/C30H34N4O16/c31-17(25(41)42)9-10-48-15-5-3-14(4-6-15)19(36)24(40)33-30(32-12-35)11-34(29(30)47)18(26(43)44)13-1-7-16(8-2-13)49-28-22(39)20(37)21(38)23(50-28)27(45)46/h1-8,12,17-23,28,36-39H,9-11,31H2,(H,32,35)(H,33,40)(H,41,42)(H,43,44)(H,45,46)/t17-,18-,19-,20+,21+,22-,23-,28+,30+/m1/s1. The number of hydrogen-bond acceptors (Lipinski definition) is 14. The zero-order valence-corrected chi connectivity index (χ0v) is 25.8. The molecule has 11 N–H and O–H groups in total. The van der Waals surface area contributed by atoms with Gasteiger partial charge in [-0.05, 0) is 35.4 Å². The van der Waals surface area contributed by atoms with Crippen molar-refractivity contribution < 1.29 is 78.7 Å². The van der Waals surface area contributed by atoms with Crippen LogP contribution in [0.2, 0.25) is 0 Å². The Kier molecular flexibility index (Phi) is 11.6. The number of ether oxygens (including phenoxy) is 3. The highest BCUT2D eigenvalue weighted by Gasteiger charge is 2.57. The first-order chi connectivity index (χ1) is 23.6. The number of aliphatic carboxylic acids is 3. The molecule has 0 radical (unpaired) electrons. The van der Waals surface area contributed by atoms with Crippen LogP contribution in [0, 0.1) is 0 Å². The van der Waals surface area contributed by atoms with Crippen molar-refractivity contribution in [2.24, 2.45) is 5.73 Å². The zero-order chi connectivity index (χ0) is 36.9. The molecule has 3 amide bonds. The minimum absolute atomic E-state index is 0.0143. The molecule has 0 unspecified atom stereocenters. The van der Waals surface area contributed by atoms with Crippen molar-refractivity contribution in [3.63, 3.8) is 0 Å². The molecule has 0 saturated carbocycles. The van der Waals surface area contributed by atoms with Gasteiger partial charge in [-0.1, -0.05) is 24.3 Å². The molecule has 20 heteroatoms. The SMILES string of the molecule is N[C@H](CCOc1ccc([C@@H](O)C(=O)N[C@@]2(NC=O)CN([C@@H](C(=O)O)c3ccc(O[C@H]4O[C@@H](C(=O)O)[C@@H](O)[C@H](O)[C@H]4O)cc3)C2=O)cc1)C(=O)O. The van der Waals surface area contributed by atoms with E-state index in [1.54, 1.807) is 0 Å². The molecule has 2 aliphatic rings. The molecule has 4 rings (SSSR count). The van der Waals surface area contributed by atoms with Gasteiger partial charge in [-0.3, -0.25) is 19.2 Å². The first-order valence-electron chi connectivity index (χ1n) is 14.8. The van der Waals surface area contributed by atoms with Crippen LogP contribution in [0.25, 0.3) is 0 Å². The quantitative estimate of drug-likeness (QED) is 0.0458. The maximum absolute atomic E-state index is 13.4. The average molecular weight is 707 g/mol. The molecule has 0 bridgehead atoms. The highest BCUT2D eigenvalue weighted by molar-refractivity contribution is 6.00. The number of nitrogens with two attached hydrogens (primary N) is 1. The van der Waals surface area contributed by atoms with Crippen molar-refractivity contribution in [3.05, 3.63) is 59.7 Å². The van der Waals surface area contributed by atoms with Crippen molar-refractivity contribution in [1.29, 1.82) is 0 Å². The van der Waals surface area contributed by atoms with E-state index in [0.717, 1.165) is 4.90 Å². The Morgan fingerprint density at radius 2 is 1.54 bits per heavy atom. The molecule has 270 valence electrons. The summed E-state index contributed by atoms with van der Waals surface area (Å²) in [6.07, 6.45) is -11.1. The molecule has 20 nitrogen and oxygen atoms in total. The lowest BCUT2D eigenvalue weighted by Gasteiger charge is -2.50. The molecular weight excluding hydrogens is 672 g/mol. The zero-order valence-electron chi connectivity index (χ0n) is 25.8. The second-order valence-corrected chi connectivity index (χ2v) is 11.3.